The van der Waals surface area contributed by atoms with Gasteiger partial charge in [0.2, 0.25) is 0 Å². The molecule has 0 amide bonds. The van der Waals surface area contributed by atoms with E-state index in [9.17, 15) is 5.11 Å². The number of hydrogen-bond donors (Lipinski definition) is 2. The number of nitrogens with one attached hydrogen (secondary N) is 1. The van der Waals surface area contributed by atoms with E-state index < -0.39 is 6.10 Å². The van der Waals surface area contributed by atoms with Crippen molar-refractivity contribution in [3.63, 3.8) is 0 Å². The molecule has 3 nitrogen and oxygen atoms in total. The summed E-state index contributed by atoms with van der Waals surface area (Å²) < 4.78 is 5.75. The number of aliphatic hydroxyl groups is 1. The second kappa shape index (κ2) is 7.13. The van der Waals surface area contributed by atoms with Gasteiger partial charge in [-0.3, -0.25) is 5.32 Å². The van der Waals surface area contributed by atoms with E-state index in [1.807, 2.05) is 13.8 Å². The minimum Gasteiger partial charge on any atom is -0.389 e. The van der Waals surface area contributed by atoms with Crippen LogP contribution in [0.2, 0.25) is 0 Å². The lowest BCUT2D eigenvalue weighted by molar-refractivity contribution is -0.0286. The van der Waals surface area contributed by atoms with E-state index >= 15 is 0 Å². The van der Waals surface area contributed by atoms with Crippen LogP contribution in [0.3, 0.4) is 0 Å². The van der Waals surface area contributed by atoms with E-state index in [1.54, 1.807) is 0 Å². The Labute approximate surface area is 111 Å². The van der Waals surface area contributed by atoms with Crippen LogP contribution < -0.4 is 5.32 Å². The molecule has 104 valence electrons. The van der Waals surface area contributed by atoms with Gasteiger partial charge >= 0.3 is 0 Å². The van der Waals surface area contributed by atoms with Gasteiger partial charge in [-0.1, -0.05) is 12.8 Å². The summed E-state index contributed by atoms with van der Waals surface area (Å²) in [5.41, 5.74) is -0.374. The first-order valence-corrected chi connectivity index (χ1v) is 6.95. The van der Waals surface area contributed by atoms with E-state index in [0.717, 1.165) is 18.8 Å². The van der Waals surface area contributed by atoms with E-state index in [2.05, 4.69) is 18.2 Å². The number of rotatable bonds is 6. The molecule has 1 unspecified atom stereocenters. The van der Waals surface area contributed by atoms with Gasteiger partial charge in [-0.25, -0.2) is 0 Å². The monoisotopic (exact) mass is 253 g/mol. The lowest BCUT2D eigenvalue weighted by atomic mass is 9.89. The Hall–Kier alpha value is -0.560. The maximum atomic E-state index is 9.83. The normalized spacial score (nSPS) is 26.6. The molecule has 2 N–H and O–H groups in total. The van der Waals surface area contributed by atoms with Crippen LogP contribution in [-0.2, 0) is 4.74 Å². The molecule has 1 fully saturated rings. The van der Waals surface area contributed by atoms with Crippen LogP contribution in [0.1, 0.15) is 46.5 Å². The van der Waals surface area contributed by atoms with E-state index in [1.165, 1.54) is 12.8 Å². The highest BCUT2D eigenvalue weighted by Gasteiger charge is 2.20. The van der Waals surface area contributed by atoms with Crippen molar-refractivity contribution in [3.8, 4) is 12.3 Å². The highest BCUT2D eigenvalue weighted by atomic mass is 16.5. The summed E-state index contributed by atoms with van der Waals surface area (Å²) in [5, 5.41) is 13.0. The van der Waals surface area contributed by atoms with Gasteiger partial charge in [-0.15, -0.1) is 6.42 Å². The van der Waals surface area contributed by atoms with E-state index in [-0.39, 0.29) is 5.54 Å². The van der Waals surface area contributed by atoms with Gasteiger partial charge in [-0.05, 0) is 45.4 Å². The smallest absolute Gasteiger partial charge is 0.0898 e. The fraction of sp³-hybridized carbons (Fsp3) is 0.867. The molecule has 0 bridgehead atoms. The molecule has 18 heavy (non-hydrogen) atoms. The van der Waals surface area contributed by atoms with Crippen molar-refractivity contribution < 1.29 is 9.84 Å². The van der Waals surface area contributed by atoms with Gasteiger partial charge in [-0.2, -0.15) is 0 Å². The van der Waals surface area contributed by atoms with Crippen LogP contribution in [0.25, 0.3) is 0 Å². The van der Waals surface area contributed by atoms with Gasteiger partial charge in [0.25, 0.3) is 0 Å². The average Bonchev–Trinajstić information content (AvgIpc) is 2.36. The SMILES string of the molecule is C#CC(C)(C)NCC(O)COC1CCC(C)CC1. The molecule has 1 aliphatic carbocycles. The van der Waals surface area contributed by atoms with Gasteiger partial charge in [0.15, 0.2) is 0 Å². The molecular formula is C15H27NO2. The minimum atomic E-state index is -0.489. The molecular weight excluding hydrogens is 226 g/mol. The Kier molecular flexibility index (Phi) is 6.14. The molecule has 0 radical (unpaired) electrons. The fourth-order valence-electron chi connectivity index (χ4n) is 2.13. The fourth-order valence-corrected chi connectivity index (χ4v) is 2.13. The summed E-state index contributed by atoms with van der Waals surface area (Å²) in [6.07, 6.45) is 9.93. The van der Waals surface area contributed by atoms with Crippen molar-refractivity contribution >= 4 is 0 Å². The zero-order valence-electron chi connectivity index (χ0n) is 11.9. The van der Waals surface area contributed by atoms with Crippen LogP contribution in [0.15, 0.2) is 0 Å². The molecule has 1 rings (SSSR count). The molecule has 0 aromatic carbocycles. The summed E-state index contributed by atoms with van der Waals surface area (Å²) in [5.74, 6) is 3.47. The maximum absolute atomic E-state index is 9.83. The Bertz CT molecular complexity index is 275. The van der Waals surface area contributed by atoms with E-state index in [0.29, 0.717) is 19.3 Å². The first kappa shape index (κ1) is 15.5. The predicted molar refractivity (Wildman–Crippen MR) is 74.3 cm³/mol. The highest BCUT2D eigenvalue weighted by molar-refractivity contribution is 5.07. The van der Waals surface area contributed by atoms with Gasteiger partial charge < -0.3 is 9.84 Å². The third-order valence-corrected chi connectivity index (χ3v) is 3.63. The molecule has 1 atom stereocenters. The minimum absolute atomic E-state index is 0.330. The summed E-state index contributed by atoms with van der Waals surface area (Å²) in [7, 11) is 0. The third kappa shape index (κ3) is 5.86. The zero-order valence-corrected chi connectivity index (χ0v) is 11.9. The molecule has 3 heteroatoms. The second-order valence-corrected chi connectivity index (χ2v) is 6.02. The summed E-state index contributed by atoms with van der Waals surface area (Å²) in [6, 6.07) is 0. The average molecular weight is 253 g/mol. The van der Waals surface area contributed by atoms with Crippen molar-refractivity contribution in [1.29, 1.82) is 0 Å². The lowest BCUT2D eigenvalue weighted by Crippen LogP contribution is -2.43. The Morgan fingerprint density at radius 3 is 2.56 bits per heavy atom. The van der Waals surface area contributed by atoms with Crippen molar-refractivity contribution in [2.45, 2.75) is 64.2 Å². The molecule has 0 aromatic heterocycles. The van der Waals surface area contributed by atoms with Gasteiger partial charge in [0.05, 0.1) is 24.4 Å². The summed E-state index contributed by atoms with van der Waals surface area (Å²) in [4.78, 5) is 0. The van der Waals surface area contributed by atoms with Crippen LogP contribution >= 0.6 is 0 Å². The maximum Gasteiger partial charge on any atom is 0.0898 e. The highest BCUT2D eigenvalue weighted by Crippen LogP contribution is 2.25. The van der Waals surface area contributed by atoms with Gasteiger partial charge in [0, 0.05) is 6.54 Å². The molecule has 0 heterocycles. The molecule has 0 spiro atoms. The van der Waals surface area contributed by atoms with Crippen LogP contribution in [0, 0.1) is 18.3 Å². The molecule has 0 aliphatic heterocycles. The second-order valence-electron chi connectivity index (χ2n) is 6.02. The van der Waals surface area contributed by atoms with Crippen molar-refractivity contribution in [2.75, 3.05) is 13.2 Å². The number of ether oxygens (including phenoxy) is 1. The van der Waals surface area contributed by atoms with Crippen molar-refractivity contribution in [2.24, 2.45) is 5.92 Å². The Morgan fingerprint density at radius 1 is 1.39 bits per heavy atom. The Balaban J connectivity index is 2.14. The summed E-state index contributed by atoms with van der Waals surface area (Å²) in [6.45, 7) is 7.00. The first-order chi connectivity index (χ1) is 8.43. The van der Waals surface area contributed by atoms with E-state index in [4.69, 9.17) is 11.2 Å². The van der Waals surface area contributed by atoms with Crippen LogP contribution in [-0.4, -0.2) is 36.0 Å². The standard InChI is InChI=1S/C15H27NO2/c1-5-15(3,4)16-10-13(17)11-18-14-8-6-12(2)7-9-14/h1,12-14,16-17H,6-11H2,2-4H3. The first-order valence-electron chi connectivity index (χ1n) is 6.95. The number of β-amino-alcohol motifs (C(OH)–C–C–N with tert-alkyl or cyclic N) is 1. The lowest BCUT2D eigenvalue weighted by Gasteiger charge is -2.28. The zero-order chi connectivity index (χ0) is 13.6. The Morgan fingerprint density at radius 2 is 2.00 bits per heavy atom. The van der Waals surface area contributed by atoms with Crippen molar-refractivity contribution in [3.05, 3.63) is 0 Å². The summed E-state index contributed by atoms with van der Waals surface area (Å²) >= 11 is 0. The quantitative estimate of drug-likeness (QED) is 0.711. The number of hydrogen-bond acceptors (Lipinski definition) is 3. The molecule has 0 saturated heterocycles. The van der Waals surface area contributed by atoms with Crippen LogP contribution in [0.4, 0.5) is 0 Å². The van der Waals surface area contributed by atoms with Gasteiger partial charge in [0.1, 0.15) is 0 Å². The molecule has 1 saturated carbocycles. The number of aliphatic hydroxyl groups excluding tert-OH is 1. The molecule has 0 aromatic rings. The topological polar surface area (TPSA) is 41.5 Å². The number of terminal acetylenes is 1. The third-order valence-electron chi connectivity index (χ3n) is 3.63. The predicted octanol–water partition coefficient (Wildman–Crippen LogP) is 1.94. The van der Waals surface area contributed by atoms with Crippen molar-refractivity contribution in [1.82, 2.24) is 5.32 Å². The van der Waals surface area contributed by atoms with Crippen LogP contribution in [0.5, 0.6) is 0 Å². The molecule has 1 aliphatic rings. The largest absolute Gasteiger partial charge is 0.389 e.